The van der Waals surface area contributed by atoms with Crippen LogP contribution in [0.2, 0.25) is 0 Å². The first kappa shape index (κ1) is 17.1. The smallest absolute Gasteiger partial charge is 0.352 e. The first-order chi connectivity index (χ1) is 10.6. The molecule has 1 N–H and O–H groups in total. The summed E-state index contributed by atoms with van der Waals surface area (Å²) in [4.78, 5) is 11.0. The molecule has 1 aromatic heterocycles. The SMILES string of the molecule is CC(C)c1cccc(N(C)S(=O)(=O)c2cc(C(=O)O)n(C)c2)c1. The zero-order valence-corrected chi connectivity index (χ0v) is 14.3. The predicted octanol–water partition coefficient (Wildman–Crippen LogP) is 2.67. The normalized spacial score (nSPS) is 11.7. The maximum absolute atomic E-state index is 12.7. The van der Waals surface area contributed by atoms with Gasteiger partial charge in [-0.05, 0) is 29.7 Å². The molecule has 0 aliphatic carbocycles. The number of hydrogen-bond acceptors (Lipinski definition) is 3. The van der Waals surface area contributed by atoms with E-state index in [2.05, 4.69) is 0 Å². The highest BCUT2D eigenvalue weighted by molar-refractivity contribution is 7.92. The fraction of sp³-hybridized carbons (Fsp3) is 0.312. The zero-order valence-electron chi connectivity index (χ0n) is 13.5. The summed E-state index contributed by atoms with van der Waals surface area (Å²) >= 11 is 0. The van der Waals surface area contributed by atoms with E-state index in [0.717, 1.165) is 5.56 Å². The van der Waals surface area contributed by atoms with E-state index in [0.29, 0.717) is 5.69 Å². The minimum atomic E-state index is -3.82. The van der Waals surface area contributed by atoms with Gasteiger partial charge in [0, 0.05) is 20.3 Å². The molecule has 0 fully saturated rings. The van der Waals surface area contributed by atoms with Crippen molar-refractivity contribution in [1.82, 2.24) is 4.57 Å². The van der Waals surface area contributed by atoms with E-state index in [1.165, 1.54) is 35.2 Å². The Hall–Kier alpha value is -2.28. The van der Waals surface area contributed by atoms with E-state index in [-0.39, 0.29) is 16.5 Å². The molecule has 0 aliphatic rings. The van der Waals surface area contributed by atoms with Crippen LogP contribution in [0, 0.1) is 0 Å². The van der Waals surface area contributed by atoms with Crippen LogP contribution in [-0.2, 0) is 17.1 Å². The first-order valence-electron chi connectivity index (χ1n) is 7.13. The van der Waals surface area contributed by atoms with Gasteiger partial charge in [-0.3, -0.25) is 4.31 Å². The van der Waals surface area contributed by atoms with E-state index in [1.807, 2.05) is 32.0 Å². The van der Waals surface area contributed by atoms with Crippen LogP contribution in [0.4, 0.5) is 5.69 Å². The number of anilines is 1. The summed E-state index contributed by atoms with van der Waals surface area (Å²) in [6.07, 6.45) is 1.31. The Bertz CT molecular complexity index is 838. The van der Waals surface area contributed by atoms with Crippen LogP contribution in [0.1, 0.15) is 35.8 Å². The Balaban J connectivity index is 2.45. The van der Waals surface area contributed by atoms with E-state index in [1.54, 1.807) is 6.07 Å². The van der Waals surface area contributed by atoms with Crippen molar-refractivity contribution in [3.8, 4) is 0 Å². The van der Waals surface area contributed by atoms with Gasteiger partial charge in [0.25, 0.3) is 10.0 Å². The van der Waals surface area contributed by atoms with E-state index in [9.17, 15) is 13.2 Å². The molecule has 0 amide bonds. The van der Waals surface area contributed by atoms with Crippen molar-refractivity contribution in [2.45, 2.75) is 24.7 Å². The van der Waals surface area contributed by atoms with Crippen LogP contribution < -0.4 is 4.31 Å². The van der Waals surface area contributed by atoms with Crippen molar-refractivity contribution < 1.29 is 18.3 Å². The Morgan fingerprint density at radius 1 is 1.26 bits per heavy atom. The molecule has 2 aromatic rings. The third-order valence-electron chi connectivity index (χ3n) is 3.76. The number of carbonyl (C=O) groups is 1. The Kier molecular flexibility index (Phi) is 4.51. The maximum Gasteiger partial charge on any atom is 0.352 e. The van der Waals surface area contributed by atoms with Gasteiger partial charge >= 0.3 is 5.97 Å². The molecular weight excluding hydrogens is 316 g/mol. The zero-order chi connectivity index (χ0) is 17.4. The van der Waals surface area contributed by atoms with Gasteiger partial charge in [0.15, 0.2) is 0 Å². The summed E-state index contributed by atoms with van der Waals surface area (Å²) in [5.41, 5.74) is 1.49. The van der Waals surface area contributed by atoms with E-state index >= 15 is 0 Å². The molecule has 23 heavy (non-hydrogen) atoms. The number of benzene rings is 1. The van der Waals surface area contributed by atoms with Crippen LogP contribution in [0.15, 0.2) is 41.4 Å². The van der Waals surface area contributed by atoms with Gasteiger partial charge in [0.1, 0.15) is 10.6 Å². The second kappa shape index (κ2) is 6.08. The number of nitrogens with zero attached hydrogens (tertiary/aromatic N) is 2. The molecule has 0 unspecified atom stereocenters. The van der Waals surface area contributed by atoms with Crippen LogP contribution in [-0.4, -0.2) is 31.1 Å². The molecule has 1 heterocycles. The molecule has 0 radical (unpaired) electrons. The van der Waals surface area contributed by atoms with Crippen LogP contribution in [0.5, 0.6) is 0 Å². The molecule has 0 bridgehead atoms. The van der Waals surface area contributed by atoms with Crippen LogP contribution in [0.3, 0.4) is 0 Å². The van der Waals surface area contributed by atoms with E-state index in [4.69, 9.17) is 5.11 Å². The molecule has 2 rings (SSSR count). The lowest BCUT2D eigenvalue weighted by Crippen LogP contribution is -2.26. The topological polar surface area (TPSA) is 79.6 Å². The predicted molar refractivity (Wildman–Crippen MR) is 88.5 cm³/mol. The van der Waals surface area contributed by atoms with Gasteiger partial charge in [0.05, 0.1) is 5.69 Å². The van der Waals surface area contributed by atoms with Gasteiger partial charge in [0.2, 0.25) is 0 Å². The lowest BCUT2D eigenvalue weighted by molar-refractivity contribution is 0.0686. The number of carboxylic acid groups (broad SMARTS) is 1. The maximum atomic E-state index is 12.7. The van der Waals surface area contributed by atoms with Crippen LogP contribution in [0.25, 0.3) is 0 Å². The number of sulfonamides is 1. The van der Waals surface area contributed by atoms with Crippen molar-refractivity contribution in [1.29, 1.82) is 0 Å². The van der Waals surface area contributed by atoms with Crippen molar-refractivity contribution >= 4 is 21.7 Å². The van der Waals surface area contributed by atoms with Gasteiger partial charge in [-0.1, -0.05) is 26.0 Å². The van der Waals surface area contributed by atoms with Crippen LogP contribution >= 0.6 is 0 Å². The number of aromatic carboxylic acids is 1. The summed E-state index contributed by atoms with van der Waals surface area (Å²) in [6.45, 7) is 4.06. The number of carboxylic acids is 1. The van der Waals surface area contributed by atoms with Crippen molar-refractivity contribution in [2.75, 3.05) is 11.4 Å². The minimum absolute atomic E-state index is 0.0464. The molecule has 0 saturated heterocycles. The summed E-state index contributed by atoms with van der Waals surface area (Å²) in [5.74, 6) is -0.889. The molecule has 0 atom stereocenters. The third-order valence-corrected chi connectivity index (χ3v) is 5.51. The number of hydrogen-bond donors (Lipinski definition) is 1. The molecule has 1 aromatic carbocycles. The summed E-state index contributed by atoms with van der Waals surface area (Å²) < 4.78 is 27.9. The Morgan fingerprint density at radius 3 is 2.43 bits per heavy atom. The van der Waals surface area contributed by atoms with Gasteiger partial charge < -0.3 is 9.67 Å². The fourth-order valence-electron chi connectivity index (χ4n) is 2.26. The van der Waals surface area contributed by atoms with Gasteiger partial charge in [-0.25, -0.2) is 13.2 Å². The molecule has 0 aliphatic heterocycles. The minimum Gasteiger partial charge on any atom is -0.477 e. The lowest BCUT2D eigenvalue weighted by Gasteiger charge is -2.20. The third kappa shape index (κ3) is 3.24. The van der Waals surface area contributed by atoms with Gasteiger partial charge in [-0.15, -0.1) is 0 Å². The molecular formula is C16H20N2O4S. The lowest BCUT2D eigenvalue weighted by atomic mass is 10.0. The quantitative estimate of drug-likeness (QED) is 0.910. The highest BCUT2D eigenvalue weighted by Gasteiger charge is 2.25. The molecule has 124 valence electrons. The average Bonchev–Trinajstić information content (AvgIpc) is 2.89. The summed E-state index contributed by atoms with van der Waals surface area (Å²) in [6, 6.07) is 8.46. The first-order valence-corrected chi connectivity index (χ1v) is 8.57. The number of aromatic nitrogens is 1. The highest BCUT2D eigenvalue weighted by atomic mass is 32.2. The molecule has 0 spiro atoms. The summed E-state index contributed by atoms with van der Waals surface area (Å²) in [7, 11) is -0.858. The standard InChI is InChI=1S/C16H20N2O4S/c1-11(2)12-6-5-7-13(8-12)18(4)23(21,22)14-9-15(16(19)20)17(3)10-14/h5-11H,1-4H3,(H,19,20). The van der Waals surface area contributed by atoms with Gasteiger partial charge in [-0.2, -0.15) is 0 Å². The molecule has 7 heteroatoms. The fourth-order valence-corrected chi connectivity index (χ4v) is 3.52. The summed E-state index contributed by atoms with van der Waals surface area (Å²) in [5, 5.41) is 9.07. The van der Waals surface area contributed by atoms with Crippen molar-refractivity contribution in [3.05, 3.63) is 47.8 Å². The second-order valence-electron chi connectivity index (χ2n) is 5.70. The van der Waals surface area contributed by atoms with E-state index < -0.39 is 16.0 Å². The average molecular weight is 336 g/mol. The highest BCUT2D eigenvalue weighted by Crippen LogP contribution is 2.26. The number of aryl methyl sites for hydroxylation is 1. The Morgan fingerprint density at radius 2 is 1.91 bits per heavy atom. The monoisotopic (exact) mass is 336 g/mol. The van der Waals surface area contributed by atoms with Crippen molar-refractivity contribution in [3.63, 3.8) is 0 Å². The molecule has 6 nitrogen and oxygen atoms in total. The Labute approximate surface area is 136 Å². The largest absolute Gasteiger partial charge is 0.477 e. The molecule has 0 saturated carbocycles. The van der Waals surface area contributed by atoms with Crippen molar-refractivity contribution in [2.24, 2.45) is 7.05 Å². The number of rotatable bonds is 5. The second-order valence-corrected chi connectivity index (χ2v) is 7.67.